The highest BCUT2D eigenvalue weighted by Gasteiger charge is 2.24. The lowest BCUT2D eigenvalue weighted by Crippen LogP contribution is -2.46. The molecule has 2 unspecified atom stereocenters. The summed E-state index contributed by atoms with van der Waals surface area (Å²) in [5, 5.41) is 2.80. The summed E-state index contributed by atoms with van der Waals surface area (Å²) in [6, 6.07) is -1.08. The van der Waals surface area contributed by atoms with Crippen LogP contribution in [0.3, 0.4) is 0 Å². The van der Waals surface area contributed by atoms with E-state index in [1.165, 1.54) is 7.11 Å². The van der Waals surface area contributed by atoms with E-state index < -0.39 is 23.7 Å². The molecule has 0 radical (unpaired) electrons. The molecule has 0 rings (SSSR count). The highest BCUT2D eigenvalue weighted by molar-refractivity contribution is 5.79. The molecule has 0 spiro atoms. The molecular weight excluding hydrogens is 210 g/mol. The number of ether oxygens (including phenoxy) is 2. The van der Waals surface area contributed by atoms with Crippen molar-refractivity contribution in [2.45, 2.75) is 52.3 Å². The molecule has 0 saturated heterocycles. The van der Waals surface area contributed by atoms with Gasteiger partial charge in [0, 0.05) is 0 Å². The van der Waals surface area contributed by atoms with E-state index in [0.29, 0.717) is 0 Å². The Balaban J connectivity index is 4.21. The minimum atomic E-state index is -0.548. The van der Waals surface area contributed by atoms with Gasteiger partial charge in [0.1, 0.15) is 17.7 Å². The van der Waals surface area contributed by atoms with Crippen LogP contribution in [0.15, 0.2) is 0 Å². The maximum Gasteiger partial charge on any atom is 0.323 e. The van der Waals surface area contributed by atoms with Crippen molar-refractivity contribution >= 4 is 11.9 Å². The highest BCUT2D eigenvalue weighted by atomic mass is 16.6. The lowest BCUT2D eigenvalue weighted by molar-refractivity contribution is -0.157. The van der Waals surface area contributed by atoms with E-state index in [1.807, 2.05) is 0 Å². The van der Waals surface area contributed by atoms with Gasteiger partial charge in [-0.05, 0) is 34.6 Å². The summed E-state index contributed by atoms with van der Waals surface area (Å²) in [4.78, 5) is 22.7. The zero-order valence-electron chi connectivity index (χ0n) is 10.8. The zero-order chi connectivity index (χ0) is 12.9. The van der Waals surface area contributed by atoms with Crippen LogP contribution >= 0.6 is 0 Å². The second-order valence-corrected chi connectivity index (χ2v) is 4.67. The Morgan fingerprint density at radius 3 is 1.88 bits per heavy atom. The highest BCUT2D eigenvalue weighted by Crippen LogP contribution is 2.08. The fourth-order valence-corrected chi connectivity index (χ4v) is 1.08. The summed E-state index contributed by atoms with van der Waals surface area (Å²) in [6.07, 6.45) is 0. The summed E-state index contributed by atoms with van der Waals surface area (Å²) in [5.41, 5.74) is -0.526. The van der Waals surface area contributed by atoms with E-state index in [0.717, 1.165) is 0 Å². The van der Waals surface area contributed by atoms with Crippen LogP contribution < -0.4 is 5.32 Å². The molecule has 0 aromatic carbocycles. The third-order valence-corrected chi connectivity index (χ3v) is 1.82. The van der Waals surface area contributed by atoms with E-state index in [-0.39, 0.29) is 5.97 Å². The maximum atomic E-state index is 11.6. The van der Waals surface area contributed by atoms with Crippen LogP contribution in [0.25, 0.3) is 0 Å². The minimum Gasteiger partial charge on any atom is -0.468 e. The molecule has 0 amide bonds. The summed E-state index contributed by atoms with van der Waals surface area (Å²) in [6.45, 7) is 8.66. The smallest absolute Gasteiger partial charge is 0.323 e. The molecule has 94 valence electrons. The Morgan fingerprint density at radius 2 is 1.50 bits per heavy atom. The van der Waals surface area contributed by atoms with Gasteiger partial charge in [0.25, 0.3) is 0 Å². The molecule has 0 aliphatic carbocycles. The van der Waals surface area contributed by atoms with E-state index in [4.69, 9.17) is 4.74 Å². The number of hydrogen-bond donors (Lipinski definition) is 1. The fourth-order valence-electron chi connectivity index (χ4n) is 1.08. The van der Waals surface area contributed by atoms with Gasteiger partial charge in [-0.15, -0.1) is 0 Å². The standard InChI is InChI=1S/C11H21NO4/c1-7(9(13)15-6)12-8(2)10(14)16-11(3,4)5/h7-8,12H,1-6H3. The van der Waals surface area contributed by atoms with Crippen molar-refractivity contribution in [3.63, 3.8) is 0 Å². The van der Waals surface area contributed by atoms with E-state index >= 15 is 0 Å². The second-order valence-electron chi connectivity index (χ2n) is 4.67. The van der Waals surface area contributed by atoms with Crippen molar-refractivity contribution in [1.29, 1.82) is 0 Å². The van der Waals surface area contributed by atoms with Crippen LogP contribution in [0.5, 0.6) is 0 Å². The van der Waals surface area contributed by atoms with Crippen molar-refractivity contribution in [2.24, 2.45) is 0 Å². The summed E-state index contributed by atoms with van der Waals surface area (Å²) in [5.74, 6) is -0.793. The molecule has 2 atom stereocenters. The van der Waals surface area contributed by atoms with Crippen molar-refractivity contribution < 1.29 is 19.1 Å². The van der Waals surface area contributed by atoms with Gasteiger partial charge in [-0.25, -0.2) is 0 Å². The largest absolute Gasteiger partial charge is 0.468 e. The van der Waals surface area contributed by atoms with E-state index in [1.54, 1.807) is 34.6 Å². The molecule has 0 heterocycles. The van der Waals surface area contributed by atoms with Crippen LogP contribution in [0.1, 0.15) is 34.6 Å². The number of methoxy groups -OCH3 is 1. The van der Waals surface area contributed by atoms with Gasteiger partial charge < -0.3 is 9.47 Å². The molecule has 16 heavy (non-hydrogen) atoms. The molecule has 0 aromatic heterocycles. The summed E-state index contributed by atoms with van der Waals surface area (Å²) >= 11 is 0. The third-order valence-electron chi connectivity index (χ3n) is 1.82. The lowest BCUT2D eigenvalue weighted by atomic mass is 10.2. The Labute approximate surface area is 96.5 Å². The maximum absolute atomic E-state index is 11.6. The topological polar surface area (TPSA) is 64.6 Å². The van der Waals surface area contributed by atoms with Gasteiger partial charge in [-0.3, -0.25) is 14.9 Å². The molecular formula is C11H21NO4. The van der Waals surface area contributed by atoms with Gasteiger partial charge >= 0.3 is 11.9 Å². The quantitative estimate of drug-likeness (QED) is 0.727. The molecule has 0 aromatic rings. The predicted octanol–water partition coefficient (Wildman–Crippen LogP) is 0.868. The lowest BCUT2D eigenvalue weighted by Gasteiger charge is -2.23. The van der Waals surface area contributed by atoms with Crippen molar-refractivity contribution in [2.75, 3.05) is 7.11 Å². The molecule has 0 bridgehead atoms. The number of carbonyl (C=O) groups excluding carboxylic acids is 2. The molecule has 0 aliphatic heterocycles. The first-order valence-electron chi connectivity index (χ1n) is 5.24. The molecule has 5 heteroatoms. The SMILES string of the molecule is COC(=O)C(C)NC(C)C(=O)OC(C)(C)C. The van der Waals surface area contributed by atoms with Crippen LogP contribution in [-0.4, -0.2) is 36.7 Å². The van der Waals surface area contributed by atoms with Gasteiger partial charge in [-0.2, -0.15) is 0 Å². The molecule has 0 fully saturated rings. The zero-order valence-corrected chi connectivity index (χ0v) is 10.8. The van der Waals surface area contributed by atoms with Gasteiger partial charge in [0.15, 0.2) is 0 Å². The summed E-state index contributed by atoms with van der Waals surface area (Å²) in [7, 11) is 1.30. The van der Waals surface area contributed by atoms with Crippen molar-refractivity contribution in [3.05, 3.63) is 0 Å². The number of esters is 2. The van der Waals surface area contributed by atoms with Crippen LogP contribution in [0, 0.1) is 0 Å². The van der Waals surface area contributed by atoms with E-state index in [2.05, 4.69) is 10.1 Å². The number of carbonyl (C=O) groups is 2. The number of hydrogen-bond acceptors (Lipinski definition) is 5. The van der Waals surface area contributed by atoms with E-state index in [9.17, 15) is 9.59 Å². The minimum absolute atomic E-state index is 0.386. The molecule has 0 saturated carbocycles. The Bertz CT molecular complexity index is 257. The average molecular weight is 231 g/mol. The molecule has 5 nitrogen and oxygen atoms in total. The number of nitrogens with one attached hydrogen (secondary N) is 1. The first-order valence-corrected chi connectivity index (χ1v) is 5.24. The fraction of sp³-hybridized carbons (Fsp3) is 0.818. The Kier molecular flexibility index (Phi) is 5.44. The van der Waals surface area contributed by atoms with Gasteiger partial charge in [-0.1, -0.05) is 0 Å². The summed E-state index contributed by atoms with van der Waals surface area (Å²) < 4.78 is 9.70. The molecule has 0 aliphatic rings. The molecule has 1 N–H and O–H groups in total. The van der Waals surface area contributed by atoms with Crippen molar-refractivity contribution in [3.8, 4) is 0 Å². The first kappa shape index (κ1) is 14.9. The van der Waals surface area contributed by atoms with Crippen LogP contribution in [0.4, 0.5) is 0 Å². The number of rotatable bonds is 4. The normalized spacial score (nSPS) is 15.1. The monoisotopic (exact) mass is 231 g/mol. The van der Waals surface area contributed by atoms with Crippen molar-refractivity contribution in [1.82, 2.24) is 5.32 Å². The van der Waals surface area contributed by atoms with Crippen LogP contribution in [0.2, 0.25) is 0 Å². The predicted molar refractivity (Wildman–Crippen MR) is 59.9 cm³/mol. The average Bonchev–Trinajstić information content (AvgIpc) is 2.13. The van der Waals surface area contributed by atoms with Gasteiger partial charge in [0.05, 0.1) is 7.11 Å². The Morgan fingerprint density at radius 1 is 1.06 bits per heavy atom. The van der Waals surface area contributed by atoms with Gasteiger partial charge in [0.2, 0.25) is 0 Å². The second kappa shape index (κ2) is 5.84. The third kappa shape index (κ3) is 5.70. The van der Waals surface area contributed by atoms with Crippen LogP contribution in [-0.2, 0) is 19.1 Å². The first-order chi connectivity index (χ1) is 7.17. The Hall–Kier alpha value is -1.10.